The minimum Gasteiger partial charge on any atom is -0.461 e. The van der Waals surface area contributed by atoms with Crippen molar-refractivity contribution in [3.63, 3.8) is 0 Å². The van der Waals surface area contributed by atoms with E-state index in [1.807, 2.05) is 23.7 Å². The van der Waals surface area contributed by atoms with Gasteiger partial charge in [0.2, 0.25) is 17.4 Å². The molecule has 7 heteroatoms. The monoisotopic (exact) mass is 351 g/mol. The maximum Gasteiger partial charge on any atom is 0.368 e. The first-order chi connectivity index (χ1) is 11.4. The second-order valence-electron chi connectivity index (χ2n) is 6.59. The maximum absolute atomic E-state index is 12.9. The van der Waals surface area contributed by atoms with Gasteiger partial charge in [-0.3, -0.25) is 14.5 Å². The highest BCUT2D eigenvalue weighted by atomic mass is 32.1. The molecule has 0 aliphatic carbocycles. The normalized spacial score (nSPS) is 32.3. The number of nitrogens with zero attached hydrogens (tertiary/aromatic N) is 1. The van der Waals surface area contributed by atoms with Crippen LogP contribution >= 0.6 is 11.3 Å². The number of carbonyl (C=O) groups excluding carboxylic acids is 3. The Morgan fingerprint density at radius 3 is 2.62 bits per heavy atom. The van der Waals surface area contributed by atoms with Gasteiger partial charge in [-0.2, -0.15) is 0 Å². The molecule has 1 aromatic rings. The summed E-state index contributed by atoms with van der Waals surface area (Å²) in [4.78, 5) is 40.6. The molecular weight excluding hydrogens is 328 g/mol. The van der Waals surface area contributed by atoms with Crippen molar-refractivity contribution in [1.82, 2.24) is 4.90 Å². The van der Waals surface area contributed by atoms with E-state index >= 15 is 0 Å². The zero-order valence-corrected chi connectivity index (χ0v) is 15.2. The Kier molecular flexibility index (Phi) is 4.25. The minimum atomic E-state index is -1.07. The Hall–Kier alpha value is -1.73. The molecule has 6 nitrogen and oxygen atoms in total. The van der Waals surface area contributed by atoms with Crippen molar-refractivity contribution < 1.29 is 24.4 Å². The summed E-state index contributed by atoms with van der Waals surface area (Å²) in [5.74, 6) is -2.03. The molecule has 0 unspecified atom stereocenters. The minimum absolute atomic E-state index is 0.172. The fourth-order valence-corrected chi connectivity index (χ4v) is 5.13. The molecule has 2 aliphatic heterocycles. The lowest BCUT2D eigenvalue weighted by atomic mass is 9.81. The molecule has 3 rings (SSSR count). The lowest BCUT2D eigenvalue weighted by Crippen LogP contribution is -2.97. The molecule has 0 aromatic carbocycles. The average molecular weight is 351 g/mol. The van der Waals surface area contributed by atoms with Crippen LogP contribution in [0.15, 0.2) is 11.4 Å². The number of hydrogen-bond donors (Lipinski definition) is 1. The number of ether oxygens (including phenoxy) is 1. The Bertz CT molecular complexity index is 701. The van der Waals surface area contributed by atoms with Crippen molar-refractivity contribution in [2.45, 2.75) is 39.3 Å². The van der Waals surface area contributed by atoms with E-state index in [4.69, 9.17) is 4.74 Å². The van der Waals surface area contributed by atoms with E-state index in [0.717, 1.165) is 10.4 Å². The predicted molar refractivity (Wildman–Crippen MR) is 88.1 cm³/mol. The largest absolute Gasteiger partial charge is 0.461 e. The summed E-state index contributed by atoms with van der Waals surface area (Å²) in [5, 5.41) is 3.86. The molecule has 3 heterocycles. The highest BCUT2D eigenvalue weighted by molar-refractivity contribution is 7.10. The first kappa shape index (κ1) is 17.1. The molecule has 1 aromatic heterocycles. The Morgan fingerprint density at radius 1 is 1.38 bits per heavy atom. The van der Waals surface area contributed by atoms with Crippen LogP contribution in [-0.2, 0) is 19.1 Å². The number of nitrogens with two attached hydrogens (primary N) is 1. The van der Waals surface area contributed by atoms with Crippen LogP contribution in [0.3, 0.4) is 0 Å². The molecule has 2 N–H and O–H groups in total. The van der Waals surface area contributed by atoms with E-state index in [1.165, 1.54) is 4.90 Å². The topological polar surface area (TPSA) is 80.3 Å². The van der Waals surface area contributed by atoms with E-state index in [2.05, 4.69) is 0 Å². The SMILES string of the molecule is CCOC(=O)[C@]1(C)[NH2+][C@H](c2sccc2C)[C@H]2C(=O)N(CC)C(=O)[C@H]21. The molecule has 24 heavy (non-hydrogen) atoms. The van der Waals surface area contributed by atoms with E-state index < -0.39 is 23.3 Å². The zero-order chi connectivity index (χ0) is 17.6. The second kappa shape index (κ2) is 5.97. The van der Waals surface area contributed by atoms with Gasteiger partial charge in [0.05, 0.1) is 11.5 Å². The number of thiophene rings is 1. The molecule has 2 saturated heterocycles. The quantitative estimate of drug-likeness (QED) is 0.637. The summed E-state index contributed by atoms with van der Waals surface area (Å²) >= 11 is 1.57. The third kappa shape index (κ3) is 2.22. The van der Waals surface area contributed by atoms with Gasteiger partial charge < -0.3 is 10.1 Å². The van der Waals surface area contributed by atoms with E-state index in [9.17, 15) is 14.4 Å². The zero-order valence-electron chi connectivity index (χ0n) is 14.4. The average Bonchev–Trinajstić information content (AvgIpc) is 3.16. The van der Waals surface area contributed by atoms with Crippen molar-refractivity contribution in [2.75, 3.05) is 13.2 Å². The number of fused-ring (bicyclic) bond motifs is 1. The molecule has 4 atom stereocenters. The third-order valence-electron chi connectivity index (χ3n) is 5.24. The molecule has 2 fully saturated rings. The number of likely N-dealkylation sites (tertiary alicyclic amines) is 1. The van der Waals surface area contributed by atoms with Gasteiger partial charge in [-0.15, -0.1) is 11.3 Å². The van der Waals surface area contributed by atoms with E-state index in [0.29, 0.717) is 6.54 Å². The van der Waals surface area contributed by atoms with Gasteiger partial charge in [-0.1, -0.05) is 0 Å². The second-order valence-corrected chi connectivity index (χ2v) is 7.54. The number of hydrogen-bond acceptors (Lipinski definition) is 5. The van der Waals surface area contributed by atoms with Crippen molar-refractivity contribution in [3.8, 4) is 0 Å². The Morgan fingerprint density at radius 2 is 2.08 bits per heavy atom. The summed E-state index contributed by atoms with van der Waals surface area (Å²) in [6.07, 6.45) is 0. The summed E-state index contributed by atoms with van der Waals surface area (Å²) in [7, 11) is 0. The molecule has 0 radical (unpaired) electrons. The molecule has 2 aliphatic rings. The fraction of sp³-hybridized carbons (Fsp3) is 0.588. The number of esters is 1. The highest BCUT2D eigenvalue weighted by Gasteiger charge is 2.70. The molecule has 130 valence electrons. The molecule has 2 amide bonds. The van der Waals surface area contributed by atoms with Gasteiger partial charge in [-0.05, 0) is 37.8 Å². The van der Waals surface area contributed by atoms with Gasteiger partial charge in [0.25, 0.3) is 0 Å². The molecule has 0 bridgehead atoms. The number of quaternary nitrogens is 1. The number of rotatable bonds is 4. The summed E-state index contributed by atoms with van der Waals surface area (Å²) in [5.41, 5.74) is 0.0154. The Labute approximate surface area is 145 Å². The van der Waals surface area contributed by atoms with Crippen LogP contribution in [0.1, 0.15) is 37.3 Å². The van der Waals surface area contributed by atoms with Gasteiger partial charge in [-0.25, -0.2) is 4.79 Å². The number of imide groups is 1. The smallest absolute Gasteiger partial charge is 0.368 e. The van der Waals surface area contributed by atoms with E-state index in [1.54, 1.807) is 32.1 Å². The standard InChI is InChI=1S/C17H22N2O4S/c1-5-19-14(20)10-11(15(19)21)17(4,16(22)23-6-2)18-12(10)13-9(3)7-8-24-13/h7-8,10-12,18H,5-6H2,1-4H3/p+1/t10-,11-,12-,17+/m0/s1. The van der Waals surface area contributed by atoms with Crippen LogP contribution in [0.5, 0.6) is 0 Å². The first-order valence-corrected chi connectivity index (χ1v) is 9.17. The number of amides is 2. The first-order valence-electron chi connectivity index (χ1n) is 8.29. The molecule has 0 spiro atoms. The van der Waals surface area contributed by atoms with Crippen molar-refractivity contribution in [3.05, 3.63) is 21.9 Å². The van der Waals surface area contributed by atoms with Crippen LogP contribution in [0.4, 0.5) is 0 Å². The van der Waals surface area contributed by atoms with E-state index in [-0.39, 0.29) is 24.5 Å². The van der Waals surface area contributed by atoms with Crippen LogP contribution in [0, 0.1) is 18.8 Å². The Balaban J connectivity index is 2.09. The summed E-state index contributed by atoms with van der Waals surface area (Å²) in [6, 6.07) is 1.78. The number of aryl methyl sites for hydroxylation is 1. The van der Waals surface area contributed by atoms with Gasteiger partial charge in [0, 0.05) is 13.5 Å². The van der Waals surface area contributed by atoms with Gasteiger partial charge in [0.15, 0.2) is 0 Å². The predicted octanol–water partition coefficient (Wildman–Crippen LogP) is 0.618. The van der Waals surface area contributed by atoms with Crippen molar-refractivity contribution in [2.24, 2.45) is 11.8 Å². The van der Waals surface area contributed by atoms with Gasteiger partial charge in [0.1, 0.15) is 17.9 Å². The van der Waals surface area contributed by atoms with Crippen LogP contribution in [0.2, 0.25) is 0 Å². The summed E-state index contributed by atoms with van der Waals surface area (Å²) in [6.45, 7) is 7.84. The summed E-state index contributed by atoms with van der Waals surface area (Å²) < 4.78 is 5.24. The van der Waals surface area contributed by atoms with Crippen molar-refractivity contribution >= 4 is 29.1 Å². The van der Waals surface area contributed by atoms with Crippen LogP contribution < -0.4 is 5.32 Å². The highest BCUT2D eigenvalue weighted by Crippen LogP contribution is 2.45. The lowest BCUT2D eigenvalue weighted by molar-refractivity contribution is -0.730. The lowest BCUT2D eigenvalue weighted by Gasteiger charge is -2.25. The molecule has 0 saturated carbocycles. The molecular formula is C17H23N2O4S+. The van der Waals surface area contributed by atoms with Crippen LogP contribution in [0.25, 0.3) is 0 Å². The maximum atomic E-state index is 12.9. The van der Waals surface area contributed by atoms with Crippen LogP contribution in [-0.4, -0.2) is 41.4 Å². The van der Waals surface area contributed by atoms with Crippen molar-refractivity contribution in [1.29, 1.82) is 0 Å². The fourth-order valence-electron chi connectivity index (χ4n) is 4.08. The third-order valence-corrected chi connectivity index (χ3v) is 6.36. The van der Waals surface area contributed by atoms with Gasteiger partial charge >= 0.3 is 5.97 Å². The number of carbonyl (C=O) groups is 3.